The maximum Gasteiger partial charge on any atom is 0.226 e. The Kier molecular flexibility index (Phi) is 6.81. The first kappa shape index (κ1) is 14.1. The second-order valence-electron chi connectivity index (χ2n) is 4.06. The highest BCUT2D eigenvalue weighted by Crippen LogP contribution is 2.04. The van der Waals surface area contributed by atoms with E-state index in [2.05, 4.69) is 28.9 Å². The van der Waals surface area contributed by atoms with Gasteiger partial charge in [-0.05, 0) is 25.9 Å². The van der Waals surface area contributed by atoms with Crippen LogP contribution in [0.4, 0.5) is 0 Å². The van der Waals surface area contributed by atoms with Gasteiger partial charge in [0.25, 0.3) is 0 Å². The Morgan fingerprint density at radius 1 is 1.18 bits per heavy atom. The zero-order valence-electron chi connectivity index (χ0n) is 10.9. The lowest BCUT2D eigenvalue weighted by atomic mass is 10.2. The second kappa shape index (κ2) is 8.20. The topological polar surface area (TPSA) is 62.4 Å². The molecule has 0 spiro atoms. The molecule has 0 bridgehead atoms. The number of aliphatic hydroxyl groups is 1. The zero-order valence-corrected chi connectivity index (χ0v) is 10.9. The average molecular weight is 241 g/mol. The summed E-state index contributed by atoms with van der Waals surface area (Å²) in [5.41, 5.74) is 0. The molecule has 0 aromatic carbocycles. The highest BCUT2D eigenvalue weighted by atomic mass is 16.5. The van der Waals surface area contributed by atoms with E-state index >= 15 is 0 Å². The number of aliphatic hydroxyl groups excluding tert-OH is 1. The molecule has 1 aromatic heterocycles. The maximum absolute atomic E-state index is 8.68. The van der Waals surface area contributed by atoms with E-state index in [1.165, 1.54) is 0 Å². The quantitative estimate of drug-likeness (QED) is 0.660. The van der Waals surface area contributed by atoms with Crippen LogP contribution in [0, 0.1) is 0 Å². The molecule has 0 fully saturated rings. The standard InChI is InChI=1S/C12H23N3O2/c1-3-15(4-2)9-8-11-13-12(17-14-11)7-5-6-10-16/h16H,3-10H2,1-2H3. The molecule has 1 heterocycles. The summed E-state index contributed by atoms with van der Waals surface area (Å²) < 4.78 is 5.15. The first-order valence-electron chi connectivity index (χ1n) is 6.44. The molecular weight excluding hydrogens is 218 g/mol. The van der Waals surface area contributed by atoms with Gasteiger partial charge in [0.1, 0.15) is 0 Å². The van der Waals surface area contributed by atoms with E-state index in [1.54, 1.807) is 0 Å². The maximum atomic E-state index is 8.68. The Morgan fingerprint density at radius 2 is 1.94 bits per heavy atom. The van der Waals surface area contributed by atoms with Crippen LogP contribution in [0.3, 0.4) is 0 Å². The van der Waals surface area contributed by atoms with Crippen molar-refractivity contribution >= 4 is 0 Å². The smallest absolute Gasteiger partial charge is 0.226 e. The van der Waals surface area contributed by atoms with Crippen molar-refractivity contribution in [2.24, 2.45) is 0 Å². The van der Waals surface area contributed by atoms with Crippen molar-refractivity contribution in [1.82, 2.24) is 15.0 Å². The van der Waals surface area contributed by atoms with Crippen LogP contribution >= 0.6 is 0 Å². The van der Waals surface area contributed by atoms with Gasteiger partial charge in [-0.1, -0.05) is 19.0 Å². The van der Waals surface area contributed by atoms with E-state index in [0.717, 1.165) is 51.1 Å². The van der Waals surface area contributed by atoms with Crippen LogP contribution in [0.15, 0.2) is 4.52 Å². The molecule has 1 rings (SSSR count). The van der Waals surface area contributed by atoms with Crippen molar-refractivity contribution in [2.75, 3.05) is 26.2 Å². The third kappa shape index (κ3) is 5.28. The second-order valence-corrected chi connectivity index (χ2v) is 4.06. The van der Waals surface area contributed by atoms with E-state index in [1.807, 2.05) is 0 Å². The number of hydrogen-bond acceptors (Lipinski definition) is 5. The first-order chi connectivity index (χ1) is 8.30. The van der Waals surface area contributed by atoms with Crippen molar-refractivity contribution in [3.63, 3.8) is 0 Å². The summed E-state index contributed by atoms with van der Waals surface area (Å²) >= 11 is 0. The zero-order chi connectivity index (χ0) is 12.5. The van der Waals surface area contributed by atoms with E-state index in [9.17, 15) is 0 Å². The molecule has 0 aliphatic carbocycles. The number of likely N-dealkylation sites (N-methyl/N-ethyl adjacent to an activating group) is 1. The molecule has 98 valence electrons. The lowest BCUT2D eigenvalue weighted by Crippen LogP contribution is -2.25. The van der Waals surface area contributed by atoms with E-state index in [4.69, 9.17) is 9.63 Å². The number of aryl methyl sites for hydroxylation is 1. The molecule has 0 saturated carbocycles. The van der Waals surface area contributed by atoms with Crippen molar-refractivity contribution in [1.29, 1.82) is 0 Å². The predicted molar refractivity (Wildman–Crippen MR) is 65.8 cm³/mol. The van der Waals surface area contributed by atoms with Gasteiger partial charge in [0.05, 0.1) is 0 Å². The highest BCUT2D eigenvalue weighted by molar-refractivity contribution is 4.87. The fraction of sp³-hybridized carbons (Fsp3) is 0.833. The summed E-state index contributed by atoms with van der Waals surface area (Å²) in [5.74, 6) is 1.48. The molecule has 0 unspecified atom stereocenters. The minimum Gasteiger partial charge on any atom is -0.396 e. The molecule has 17 heavy (non-hydrogen) atoms. The summed E-state index contributed by atoms with van der Waals surface area (Å²) in [4.78, 5) is 6.67. The van der Waals surface area contributed by atoms with Crippen LogP contribution in [-0.4, -0.2) is 46.4 Å². The van der Waals surface area contributed by atoms with E-state index in [0.29, 0.717) is 5.89 Å². The van der Waals surface area contributed by atoms with E-state index < -0.39 is 0 Å². The fourth-order valence-corrected chi connectivity index (χ4v) is 1.68. The molecule has 1 aromatic rings. The predicted octanol–water partition coefficient (Wildman–Crippen LogP) is 1.27. The average Bonchev–Trinajstić information content (AvgIpc) is 2.79. The lowest BCUT2D eigenvalue weighted by molar-refractivity contribution is 0.280. The van der Waals surface area contributed by atoms with Crippen molar-refractivity contribution in [2.45, 2.75) is 39.5 Å². The number of nitrogens with zero attached hydrogens (tertiary/aromatic N) is 3. The Bertz CT molecular complexity index is 298. The Labute approximate surface area is 103 Å². The van der Waals surface area contributed by atoms with Crippen LogP contribution < -0.4 is 0 Å². The van der Waals surface area contributed by atoms with E-state index in [-0.39, 0.29) is 6.61 Å². The fourth-order valence-electron chi connectivity index (χ4n) is 1.68. The molecular formula is C12H23N3O2. The molecule has 5 heteroatoms. The van der Waals surface area contributed by atoms with Crippen LogP contribution in [0.25, 0.3) is 0 Å². The minimum atomic E-state index is 0.225. The first-order valence-corrected chi connectivity index (χ1v) is 6.44. The molecule has 0 saturated heterocycles. The lowest BCUT2D eigenvalue weighted by Gasteiger charge is -2.16. The molecule has 0 aliphatic rings. The number of hydrogen-bond donors (Lipinski definition) is 1. The molecule has 0 amide bonds. The van der Waals surface area contributed by atoms with Crippen molar-refractivity contribution < 1.29 is 9.63 Å². The van der Waals surface area contributed by atoms with Crippen LogP contribution in [0.1, 0.15) is 38.4 Å². The third-order valence-electron chi connectivity index (χ3n) is 2.85. The van der Waals surface area contributed by atoms with Gasteiger partial charge in [0, 0.05) is 26.0 Å². The Hall–Kier alpha value is -0.940. The van der Waals surface area contributed by atoms with Gasteiger partial charge in [0.2, 0.25) is 5.89 Å². The molecule has 0 aliphatic heterocycles. The van der Waals surface area contributed by atoms with Gasteiger partial charge in [0.15, 0.2) is 5.82 Å². The van der Waals surface area contributed by atoms with Gasteiger partial charge < -0.3 is 14.5 Å². The summed E-state index contributed by atoms with van der Waals surface area (Å²) in [6.07, 6.45) is 3.29. The monoisotopic (exact) mass is 241 g/mol. The van der Waals surface area contributed by atoms with Gasteiger partial charge in [-0.15, -0.1) is 0 Å². The van der Waals surface area contributed by atoms with Crippen LogP contribution in [-0.2, 0) is 12.8 Å². The number of rotatable bonds is 9. The van der Waals surface area contributed by atoms with Crippen molar-refractivity contribution in [3.05, 3.63) is 11.7 Å². The number of unbranched alkanes of at least 4 members (excludes halogenated alkanes) is 1. The summed E-state index contributed by atoms with van der Waals surface area (Å²) in [7, 11) is 0. The van der Waals surface area contributed by atoms with Gasteiger partial charge in [-0.25, -0.2) is 0 Å². The Balaban J connectivity index is 2.30. The number of aromatic nitrogens is 2. The Morgan fingerprint density at radius 3 is 2.59 bits per heavy atom. The van der Waals surface area contributed by atoms with Gasteiger partial charge in [-0.2, -0.15) is 4.98 Å². The van der Waals surface area contributed by atoms with Gasteiger partial charge in [-0.3, -0.25) is 0 Å². The van der Waals surface area contributed by atoms with Crippen molar-refractivity contribution in [3.8, 4) is 0 Å². The van der Waals surface area contributed by atoms with Crippen LogP contribution in [0.5, 0.6) is 0 Å². The molecule has 0 atom stereocenters. The molecule has 0 radical (unpaired) electrons. The van der Waals surface area contributed by atoms with Gasteiger partial charge >= 0.3 is 0 Å². The SMILES string of the molecule is CCN(CC)CCc1noc(CCCCO)n1. The van der Waals surface area contributed by atoms with Crippen LogP contribution in [0.2, 0.25) is 0 Å². The highest BCUT2D eigenvalue weighted by Gasteiger charge is 2.07. The molecule has 1 N–H and O–H groups in total. The summed E-state index contributed by atoms with van der Waals surface area (Å²) in [6.45, 7) is 7.61. The largest absolute Gasteiger partial charge is 0.396 e. The molecule has 5 nitrogen and oxygen atoms in total. The third-order valence-corrected chi connectivity index (χ3v) is 2.85. The summed E-state index contributed by atoms with van der Waals surface area (Å²) in [5, 5.41) is 12.6. The summed E-state index contributed by atoms with van der Waals surface area (Å²) in [6, 6.07) is 0. The normalized spacial score (nSPS) is 11.3. The minimum absolute atomic E-state index is 0.225.